The van der Waals surface area contributed by atoms with E-state index in [1.165, 1.54) is 36.8 Å². The summed E-state index contributed by atoms with van der Waals surface area (Å²) in [4.78, 5) is 17.9. The van der Waals surface area contributed by atoms with Crippen molar-refractivity contribution < 1.29 is 9.53 Å². The zero-order valence-electron chi connectivity index (χ0n) is 20.0. The number of hydrogen-bond donors (Lipinski definition) is 0. The summed E-state index contributed by atoms with van der Waals surface area (Å²) in [5.74, 6) is 1.89. The lowest BCUT2D eigenvalue weighted by molar-refractivity contribution is -0.119. The van der Waals surface area contributed by atoms with Crippen molar-refractivity contribution in [2.24, 2.45) is 5.92 Å². The van der Waals surface area contributed by atoms with Crippen LogP contribution in [0.4, 0.5) is 5.69 Å². The molecule has 0 aromatic heterocycles. The average Bonchev–Trinajstić information content (AvgIpc) is 3.48. The number of methoxy groups -OCH3 is 1. The minimum absolute atomic E-state index is 0.00102. The minimum Gasteiger partial charge on any atom is -0.497 e. The smallest absolute Gasteiger partial charge is 0.227 e. The van der Waals surface area contributed by atoms with Gasteiger partial charge in [0.25, 0.3) is 0 Å². The number of hydrogen-bond acceptors (Lipinski definition) is 3. The molecule has 5 rings (SSSR count). The highest BCUT2D eigenvalue weighted by molar-refractivity contribution is 6.42. The van der Waals surface area contributed by atoms with Crippen molar-refractivity contribution in [1.29, 1.82) is 0 Å². The number of amides is 1. The normalized spacial score (nSPS) is 20.1. The molecule has 0 atom stereocenters. The van der Waals surface area contributed by atoms with Crippen molar-refractivity contribution >= 4 is 34.8 Å². The molecule has 0 bridgehead atoms. The number of likely N-dealkylation sites (tertiary alicyclic amines) is 1. The second-order valence-electron chi connectivity index (χ2n) is 10.4. The van der Waals surface area contributed by atoms with Crippen molar-refractivity contribution in [3.05, 3.63) is 57.6 Å². The van der Waals surface area contributed by atoms with E-state index in [4.69, 9.17) is 27.9 Å². The Hall–Kier alpha value is -1.75. The van der Waals surface area contributed by atoms with Gasteiger partial charge in [0.1, 0.15) is 5.75 Å². The van der Waals surface area contributed by atoms with Gasteiger partial charge < -0.3 is 9.64 Å². The number of rotatable bonds is 6. The first-order chi connectivity index (χ1) is 16.5. The fourth-order valence-corrected chi connectivity index (χ4v) is 6.54. The molecule has 0 N–H and O–H groups in total. The van der Waals surface area contributed by atoms with Gasteiger partial charge in [-0.05, 0) is 79.7 Å². The lowest BCUT2D eigenvalue weighted by atomic mass is 9.74. The summed E-state index contributed by atoms with van der Waals surface area (Å²) in [6, 6.07) is 12.2. The van der Waals surface area contributed by atoms with Gasteiger partial charge in [0, 0.05) is 30.6 Å². The zero-order chi connectivity index (χ0) is 23.7. The zero-order valence-corrected chi connectivity index (χ0v) is 21.5. The second-order valence-corrected chi connectivity index (χ2v) is 11.2. The van der Waals surface area contributed by atoms with E-state index in [2.05, 4.69) is 28.0 Å². The first kappa shape index (κ1) is 24.0. The Morgan fingerprint density at radius 1 is 1.06 bits per heavy atom. The highest BCUT2D eigenvalue weighted by atomic mass is 35.5. The van der Waals surface area contributed by atoms with Gasteiger partial charge in [0.05, 0.1) is 17.2 Å². The Kier molecular flexibility index (Phi) is 7.11. The minimum atomic E-state index is 0.00102. The van der Waals surface area contributed by atoms with Crippen LogP contribution in [0, 0.1) is 5.92 Å². The molecule has 2 aliphatic heterocycles. The molecule has 182 valence electrons. The highest BCUT2D eigenvalue weighted by Crippen LogP contribution is 2.49. The molecular weight excluding hydrogens is 467 g/mol. The van der Waals surface area contributed by atoms with Crippen LogP contribution in [-0.2, 0) is 16.8 Å². The molecule has 34 heavy (non-hydrogen) atoms. The summed E-state index contributed by atoms with van der Waals surface area (Å²) in [6.07, 6.45) is 8.99. The standard InChI is InChI=1S/C28H34Cl2N2O2/c1-34-22-8-10-26-23(17-22)28(19-32(26)27(33)11-7-20-4-2-3-5-20)12-14-31(15-13-28)18-21-6-9-24(29)25(30)16-21/h6,8-10,16-17,20H,2-5,7,11-15,18-19H2,1H3. The van der Waals surface area contributed by atoms with Gasteiger partial charge in [-0.3, -0.25) is 9.69 Å². The molecule has 2 aromatic carbocycles. The van der Waals surface area contributed by atoms with Crippen LogP contribution in [0.25, 0.3) is 0 Å². The van der Waals surface area contributed by atoms with Crippen LogP contribution in [0.1, 0.15) is 62.5 Å². The van der Waals surface area contributed by atoms with Gasteiger partial charge in [-0.1, -0.05) is 55.0 Å². The van der Waals surface area contributed by atoms with Gasteiger partial charge in [-0.25, -0.2) is 0 Å². The molecule has 1 amide bonds. The lowest BCUT2D eigenvalue weighted by Crippen LogP contribution is -2.45. The van der Waals surface area contributed by atoms with E-state index in [1.54, 1.807) is 7.11 Å². The van der Waals surface area contributed by atoms with Crippen LogP contribution in [-0.4, -0.2) is 37.6 Å². The molecule has 3 aliphatic rings. The first-order valence-corrected chi connectivity index (χ1v) is 13.4. The molecule has 2 fully saturated rings. The largest absolute Gasteiger partial charge is 0.497 e. The van der Waals surface area contributed by atoms with Gasteiger partial charge in [0.2, 0.25) is 5.91 Å². The molecule has 1 saturated carbocycles. The van der Waals surface area contributed by atoms with E-state index in [1.807, 2.05) is 18.2 Å². The summed E-state index contributed by atoms with van der Waals surface area (Å²) < 4.78 is 5.57. The van der Waals surface area contributed by atoms with Crippen molar-refractivity contribution in [3.8, 4) is 5.75 Å². The Balaban J connectivity index is 1.30. The Morgan fingerprint density at radius 2 is 1.82 bits per heavy atom. The molecule has 4 nitrogen and oxygen atoms in total. The number of carbonyl (C=O) groups excluding carboxylic acids is 1. The maximum absolute atomic E-state index is 13.4. The number of benzene rings is 2. The topological polar surface area (TPSA) is 32.8 Å². The highest BCUT2D eigenvalue weighted by Gasteiger charge is 2.46. The van der Waals surface area contributed by atoms with E-state index in [0.717, 1.165) is 62.8 Å². The van der Waals surface area contributed by atoms with Gasteiger partial charge in [-0.15, -0.1) is 0 Å². The fourth-order valence-electron chi connectivity index (χ4n) is 6.22. The summed E-state index contributed by atoms with van der Waals surface area (Å²) in [5.41, 5.74) is 3.56. The van der Waals surface area contributed by atoms with Crippen LogP contribution < -0.4 is 9.64 Å². The third kappa shape index (κ3) is 4.82. The van der Waals surface area contributed by atoms with Crippen LogP contribution in [0.2, 0.25) is 10.0 Å². The Bertz CT molecular complexity index is 1040. The second kappa shape index (κ2) is 10.1. The average molecular weight is 501 g/mol. The van der Waals surface area contributed by atoms with E-state index in [9.17, 15) is 4.79 Å². The lowest BCUT2D eigenvalue weighted by Gasteiger charge is -2.40. The van der Waals surface area contributed by atoms with Gasteiger partial charge >= 0.3 is 0 Å². The monoisotopic (exact) mass is 500 g/mol. The summed E-state index contributed by atoms with van der Waals surface area (Å²) in [7, 11) is 1.72. The Morgan fingerprint density at radius 3 is 2.53 bits per heavy atom. The predicted molar refractivity (Wildman–Crippen MR) is 139 cm³/mol. The third-order valence-corrected chi connectivity index (χ3v) is 9.01. The first-order valence-electron chi connectivity index (χ1n) is 12.6. The van der Waals surface area contributed by atoms with E-state index >= 15 is 0 Å². The quantitative estimate of drug-likeness (QED) is 0.434. The number of nitrogens with zero attached hydrogens (tertiary/aromatic N) is 2. The van der Waals surface area contributed by atoms with Crippen molar-refractivity contribution in [2.75, 3.05) is 31.6 Å². The number of ether oxygens (including phenoxy) is 1. The molecule has 1 aliphatic carbocycles. The molecule has 0 unspecified atom stereocenters. The maximum atomic E-state index is 13.4. The van der Waals surface area contributed by atoms with Crippen LogP contribution >= 0.6 is 23.2 Å². The molecular formula is C28H34Cl2N2O2. The SMILES string of the molecule is COc1ccc2c(c1)C1(CCN(Cc3ccc(Cl)c(Cl)c3)CC1)CN2C(=O)CCC1CCCC1. The van der Waals surface area contributed by atoms with E-state index < -0.39 is 0 Å². The number of halogens is 2. The van der Waals surface area contributed by atoms with E-state index in [0.29, 0.717) is 16.5 Å². The summed E-state index contributed by atoms with van der Waals surface area (Å²) in [5, 5.41) is 1.20. The third-order valence-electron chi connectivity index (χ3n) is 8.27. The van der Waals surface area contributed by atoms with Crippen LogP contribution in [0.15, 0.2) is 36.4 Å². The van der Waals surface area contributed by atoms with Crippen LogP contribution in [0.5, 0.6) is 5.75 Å². The number of anilines is 1. The summed E-state index contributed by atoms with van der Waals surface area (Å²) >= 11 is 12.3. The molecule has 2 aromatic rings. The molecule has 2 heterocycles. The van der Waals surface area contributed by atoms with Gasteiger partial charge in [0.15, 0.2) is 0 Å². The maximum Gasteiger partial charge on any atom is 0.227 e. The van der Waals surface area contributed by atoms with Gasteiger partial charge in [-0.2, -0.15) is 0 Å². The molecule has 1 spiro atoms. The van der Waals surface area contributed by atoms with Crippen molar-refractivity contribution in [1.82, 2.24) is 4.90 Å². The fraction of sp³-hybridized carbons (Fsp3) is 0.536. The summed E-state index contributed by atoms with van der Waals surface area (Å²) in [6.45, 7) is 3.63. The van der Waals surface area contributed by atoms with Crippen molar-refractivity contribution in [2.45, 2.75) is 63.3 Å². The van der Waals surface area contributed by atoms with Crippen LogP contribution in [0.3, 0.4) is 0 Å². The molecule has 6 heteroatoms. The van der Waals surface area contributed by atoms with Crippen molar-refractivity contribution in [3.63, 3.8) is 0 Å². The number of carbonyl (C=O) groups is 1. The van der Waals surface area contributed by atoms with E-state index in [-0.39, 0.29) is 11.3 Å². The molecule has 0 radical (unpaired) electrons. The Labute approximate surface area is 213 Å². The predicted octanol–water partition coefficient (Wildman–Crippen LogP) is 6.85. The number of fused-ring (bicyclic) bond motifs is 2. The molecule has 1 saturated heterocycles. The number of piperidine rings is 1.